The highest BCUT2D eigenvalue weighted by Gasteiger charge is 2.72. The van der Waals surface area contributed by atoms with Gasteiger partial charge in [-0.15, -0.1) is 0 Å². The van der Waals surface area contributed by atoms with E-state index in [0.717, 1.165) is 50.5 Å². The summed E-state index contributed by atoms with van der Waals surface area (Å²) in [5.41, 5.74) is -0.518. The van der Waals surface area contributed by atoms with Crippen molar-refractivity contribution in [2.75, 3.05) is 6.61 Å². The van der Waals surface area contributed by atoms with Gasteiger partial charge >= 0.3 is 11.9 Å². The molecule has 0 unspecified atom stereocenters. The number of fused-ring (bicyclic) bond motifs is 7. The fourth-order valence-corrected chi connectivity index (χ4v) is 15.9. The van der Waals surface area contributed by atoms with E-state index in [9.17, 15) is 60.7 Å². The summed E-state index contributed by atoms with van der Waals surface area (Å²) < 4.78 is 36.3. The first-order valence-electron chi connectivity index (χ1n) is 24.2. The fraction of sp³-hybridized carbons (Fsp3) is 0.917. The molecule has 376 valence electrons. The van der Waals surface area contributed by atoms with Crippen LogP contribution in [0.25, 0.3) is 0 Å². The molecule has 3 heterocycles. The van der Waals surface area contributed by atoms with Crippen molar-refractivity contribution in [3.63, 3.8) is 0 Å². The lowest BCUT2D eigenvalue weighted by atomic mass is 9.32. The minimum absolute atomic E-state index is 0.0470. The highest BCUT2D eigenvalue weighted by molar-refractivity contribution is 5.76. The molecule has 10 N–H and O–H groups in total. The number of carboxylic acids is 2. The van der Waals surface area contributed by atoms with Crippen molar-refractivity contribution in [2.24, 2.45) is 56.7 Å². The van der Waals surface area contributed by atoms with Crippen molar-refractivity contribution in [1.29, 1.82) is 0 Å². The normalized spacial score (nSPS) is 54.6. The number of allylic oxidation sites excluding steroid dienone is 1. The van der Waals surface area contributed by atoms with Gasteiger partial charge in [0.15, 0.2) is 25.0 Å². The van der Waals surface area contributed by atoms with Gasteiger partial charge in [-0.3, -0.25) is 4.79 Å². The smallest absolute Gasteiger partial charge is 0.335 e. The van der Waals surface area contributed by atoms with Crippen LogP contribution in [0.2, 0.25) is 0 Å². The van der Waals surface area contributed by atoms with Crippen LogP contribution in [0.3, 0.4) is 0 Å². The molecule has 18 nitrogen and oxygen atoms in total. The van der Waals surface area contributed by atoms with Gasteiger partial charge in [-0.2, -0.15) is 0 Å². The zero-order chi connectivity index (χ0) is 48.4. The molecule has 8 fully saturated rings. The van der Waals surface area contributed by atoms with E-state index >= 15 is 0 Å². The average molecular weight is 941 g/mol. The van der Waals surface area contributed by atoms with Gasteiger partial charge in [0.05, 0.1) is 24.2 Å². The van der Waals surface area contributed by atoms with Crippen LogP contribution in [-0.2, 0) is 38.0 Å². The molecule has 18 heteroatoms. The zero-order valence-electron chi connectivity index (χ0n) is 39.3. The molecule has 3 aliphatic heterocycles. The molecule has 8 rings (SSSR count). The third-order valence-corrected chi connectivity index (χ3v) is 19.7. The first kappa shape index (κ1) is 50.5. The van der Waals surface area contributed by atoms with E-state index in [1.165, 1.54) is 6.92 Å². The van der Waals surface area contributed by atoms with Crippen LogP contribution in [-0.4, -0.2) is 168 Å². The van der Waals surface area contributed by atoms with Gasteiger partial charge in [0, 0.05) is 0 Å². The highest BCUT2D eigenvalue weighted by atomic mass is 16.8. The molecule has 8 aliphatic rings. The van der Waals surface area contributed by atoms with E-state index in [2.05, 4.69) is 48.1 Å². The van der Waals surface area contributed by atoms with Gasteiger partial charge in [-0.1, -0.05) is 46.8 Å². The number of ether oxygens (including phenoxy) is 6. The molecule has 0 bridgehead atoms. The third kappa shape index (κ3) is 7.57. The fourth-order valence-electron chi connectivity index (χ4n) is 15.9. The average Bonchev–Trinajstić information content (AvgIpc) is 3.66. The molecule has 66 heavy (non-hydrogen) atoms. The Morgan fingerprint density at radius 2 is 1.27 bits per heavy atom. The Labute approximate surface area is 386 Å². The van der Waals surface area contributed by atoms with E-state index in [0.29, 0.717) is 25.2 Å². The van der Waals surface area contributed by atoms with Crippen LogP contribution < -0.4 is 0 Å². The van der Waals surface area contributed by atoms with Crippen LogP contribution in [0.4, 0.5) is 0 Å². The van der Waals surface area contributed by atoms with E-state index in [-0.39, 0.29) is 39.9 Å². The minimum Gasteiger partial charge on any atom is -0.481 e. The predicted molar refractivity (Wildman–Crippen MR) is 230 cm³/mol. The number of carboxylic acid groups (broad SMARTS) is 2. The number of hydrogen-bond acceptors (Lipinski definition) is 16. The lowest BCUT2D eigenvalue weighted by Crippen LogP contribution is -2.68. The Kier molecular flexibility index (Phi) is 13.6. The van der Waals surface area contributed by atoms with Gasteiger partial charge in [0.25, 0.3) is 0 Å². The SMILES string of the molecule is C=C(C)[C@@H]1CC[C@]2(C(=O)O)CC[C@]3(C)[C@H](CC[C@@H]4[C@@]5(C)CC[C@H](O[C@@H]6O[C@H](C(=O)O)[C@@H](O)[C@H](O)[C@H]6O[C@@H]6O[C@H](CO)[C@@H](O)[C@H](O)[C@H]6O[C@@H]6O[C@@H](C)[C@H](O)[C@@H](O)[C@H]6O)C(C)(C)[C@@H]5CC[C@]43C)[C@@H]12. The lowest BCUT2D eigenvalue weighted by Gasteiger charge is -2.73. The number of carbonyl (C=O) groups is 2. The maximum atomic E-state index is 13.2. The number of rotatable bonds is 10. The topological polar surface area (TPSA) is 292 Å². The van der Waals surface area contributed by atoms with Crippen LogP contribution in [0, 0.1) is 56.7 Å². The molecule has 25 atom stereocenters. The standard InChI is InChI=1S/C48H76O18/c1-20(2)22-11-16-48(43(59)60)18-17-46(7)23(28(22)48)9-10-26-45(6)14-13-27(44(4,5)25(45)12-15-47(26,46)8)63-42-38(34(55)33(54)36(64-42)39(57)58)66-41-37(32(53)30(51)24(19-49)62-41)65-40-35(56)31(52)29(50)21(3)61-40/h21-38,40-42,49-56H,1,9-19H2,2-8H3,(H,57,58)(H,59,60)/t21-,22-,23+,24+,25-,26+,27-,28+,29-,30+,31+,32-,33-,34-,35+,36-,37+,38+,40-,41-,42+,45-,46+,47+,48-/m0/s1. The summed E-state index contributed by atoms with van der Waals surface area (Å²) in [5, 5.41) is 107. The molecule has 5 aliphatic carbocycles. The molecule has 3 saturated heterocycles. The quantitative estimate of drug-likeness (QED) is 0.110. The van der Waals surface area contributed by atoms with Gasteiger partial charge < -0.3 is 79.5 Å². The van der Waals surface area contributed by atoms with Crippen molar-refractivity contribution in [3.8, 4) is 0 Å². The summed E-state index contributed by atoms with van der Waals surface area (Å²) in [4.78, 5) is 25.6. The van der Waals surface area contributed by atoms with Crippen molar-refractivity contribution < 1.29 is 89.1 Å². The van der Waals surface area contributed by atoms with Crippen LogP contribution in [0.15, 0.2) is 12.2 Å². The molecular formula is C48H76O18. The van der Waals surface area contributed by atoms with E-state index in [1.54, 1.807) is 0 Å². The Bertz CT molecular complexity index is 1830. The van der Waals surface area contributed by atoms with Crippen molar-refractivity contribution in [3.05, 3.63) is 12.2 Å². The zero-order valence-corrected chi connectivity index (χ0v) is 39.3. The van der Waals surface area contributed by atoms with Crippen molar-refractivity contribution in [1.82, 2.24) is 0 Å². The van der Waals surface area contributed by atoms with E-state index in [4.69, 9.17) is 28.4 Å². The van der Waals surface area contributed by atoms with Gasteiger partial charge in [-0.25, -0.2) is 4.79 Å². The van der Waals surface area contributed by atoms with Crippen molar-refractivity contribution >= 4 is 11.9 Å². The third-order valence-electron chi connectivity index (χ3n) is 19.7. The maximum Gasteiger partial charge on any atom is 0.335 e. The van der Waals surface area contributed by atoms with Gasteiger partial charge in [-0.05, 0) is 129 Å². The summed E-state index contributed by atoms with van der Waals surface area (Å²) in [5.74, 6) is -1.31. The van der Waals surface area contributed by atoms with E-state index < -0.39 is 128 Å². The summed E-state index contributed by atoms with van der Waals surface area (Å²) >= 11 is 0. The van der Waals surface area contributed by atoms with Crippen molar-refractivity contribution in [2.45, 2.75) is 211 Å². The monoisotopic (exact) mass is 941 g/mol. The van der Waals surface area contributed by atoms with Crippen LogP contribution in [0.5, 0.6) is 0 Å². The van der Waals surface area contributed by atoms with Crippen LogP contribution in [0.1, 0.15) is 113 Å². The Morgan fingerprint density at radius 1 is 0.636 bits per heavy atom. The second-order valence-electron chi connectivity index (χ2n) is 23.0. The van der Waals surface area contributed by atoms with E-state index in [1.807, 2.05) is 0 Å². The first-order valence-corrected chi connectivity index (χ1v) is 24.2. The predicted octanol–water partition coefficient (Wildman–Crippen LogP) is 1.68. The molecule has 0 amide bonds. The summed E-state index contributed by atoms with van der Waals surface area (Å²) in [6.45, 7) is 18.6. The number of aliphatic carboxylic acids is 2. The molecule has 0 spiro atoms. The summed E-state index contributed by atoms with van der Waals surface area (Å²) in [6, 6.07) is 0. The number of aliphatic hydroxyl groups excluding tert-OH is 8. The molecule has 5 saturated carbocycles. The molecule has 0 aromatic carbocycles. The lowest BCUT2D eigenvalue weighted by molar-refractivity contribution is -0.395. The second-order valence-corrected chi connectivity index (χ2v) is 23.0. The van der Waals surface area contributed by atoms with Gasteiger partial charge in [0.1, 0.15) is 61.0 Å². The van der Waals surface area contributed by atoms with Crippen LogP contribution >= 0.6 is 0 Å². The Hall–Kier alpha value is -1.88. The maximum absolute atomic E-state index is 13.2. The first-order chi connectivity index (χ1) is 30.8. The Morgan fingerprint density at radius 3 is 1.89 bits per heavy atom. The second kappa shape index (κ2) is 17.8. The largest absolute Gasteiger partial charge is 0.481 e. The summed E-state index contributed by atoms with van der Waals surface area (Å²) in [6.07, 6.45) is -18.4. The number of hydrogen-bond donors (Lipinski definition) is 10. The minimum atomic E-state index is -2.04. The van der Waals surface area contributed by atoms with Gasteiger partial charge in [0.2, 0.25) is 0 Å². The highest BCUT2D eigenvalue weighted by Crippen LogP contribution is 2.77. The summed E-state index contributed by atoms with van der Waals surface area (Å²) in [7, 11) is 0. The molecule has 0 radical (unpaired) electrons. The number of aliphatic hydroxyl groups is 8. The molecule has 0 aromatic rings. The molecular weight excluding hydrogens is 865 g/mol. The molecule has 0 aromatic heterocycles. The Balaban J connectivity index is 1.05.